The van der Waals surface area contributed by atoms with E-state index in [2.05, 4.69) is 40.8 Å². The van der Waals surface area contributed by atoms with Crippen molar-refractivity contribution in [2.45, 2.75) is 53.6 Å². The van der Waals surface area contributed by atoms with Gasteiger partial charge in [0.25, 0.3) is 0 Å². The minimum absolute atomic E-state index is 0.217. The van der Waals surface area contributed by atoms with Crippen LogP contribution in [0.3, 0.4) is 0 Å². The molecule has 0 aliphatic carbocycles. The van der Waals surface area contributed by atoms with Gasteiger partial charge in [-0.1, -0.05) is 19.0 Å². The molecule has 4 heterocycles. The average Bonchev–Trinajstić information content (AvgIpc) is 3.18. The van der Waals surface area contributed by atoms with Gasteiger partial charge in [-0.25, -0.2) is 9.97 Å². The molecular formula is C19H22N6O. The molecule has 0 unspecified atom stereocenters. The van der Waals surface area contributed by atoms with E-state index in [0.717, 1.165) is 51.3 Å². The summed E-state index contributed by atoms with van der Waals surface area (Å²) in [4.78, 5) is 20.8. The van der Waals surface area contributed by atoms with Crippen LogP contribution < -0.4 is 4.90 Å². The first-order valence-electron chi connectivity index (χ1n) is 8.81. The van der Waals surface area contributed by atoms with Gasteiger partial charge in [0.2, 0.25) is 0 Å². The average molecular weight is 350 g/mol. The number of aryl methyl sites for hydroxylation is 2. The Balaban J connectivity index is 1.86. The van der Waals surface area contributed by atoms with Crippen molar-refractivity contribution in [3.8, 4) is 11.3 Å². The van der Waals surface area contributed by atoms with E-state index in [0.29, 0.717) is 13.1 Å². The fraction of sp³-hybridized carbons (Fsp3) is 0.421. The molecule has 1 aliphatic heterocycles. The highest BCUT2D eigenvalue weighted by Crippen LogP contribution is 2.35. The van der Waals surface area contributed by atoms with Crippen LogP contribution >= 0.6 is 0 Å². The van der Waals surface area contributed by atoms with Crippen LogP contribution in [0.1, 0.15) is 54.0 Å². The first-order valence-corrected chi connectivity index (χ1v) is 8.81. The van der Waals surface area contributed by atoms with Gasteiger partial charge >= 0.3 is 0 Å². The third-order valence-electron chi connectivity index (χ3n) is 4.77. The Morgan fingerprint density at radius 1 is 1.00 bits per heavy atom. The van der Waals surface area contributed by atoms with E-state index in [9.17, 15) is 0 Å². The van der Waals surface area contributed by atoms with Crippen molar-refractivity contribution in [3.05, 3.63) is 46.6 Å². The summed E-state index contributed by atoms with van der Waals surface area (Å²) in [6.45, 7) is 11.6. The fourth-order valence-electron chi connectivity index (χ4n) is 3.38. The van der Waals surface area contributed by atoms with E-state index in [4.69, 9.17) is 14.5 Å². The molecule has 0 atom stereocenters. The van der Waals surface area contributed by atoms with Crippen LogP contribution in [-0.4, -0.2) is 25.1 Å². The molecule has 4 rings (SSSR count). The predicted molar refractivity (Wildman–Crippen MR) is 97.7 cm³/mol. The third-order valence-corrected chi connectivity index (χ3v) is 4.77. The van der Waals surface area contributed by atoms with Crippen molar-refractivity contribution in [1.29, 1.82) is 0 Å². The van der Waals surface area contributed by atoms with Gasteiger partial charge in [-0.15, -0.1) is 0 Å². The number of rotatable bonds is 3. The molecule has 134 valence electrons. The molecule has 7 heteroatoms. The Labute approximate surface area is 152 Å². The van der Waals surface area contributed by atoms with Gasteiger partial charge in [0.15, 0.2) is 0 Å². The van der Waals surface area contributed by atoms with Crippen LogP contribution in [0.5, 0.6) is 0 Å². The molecule has 0 N–H and O–H groups in total. The van der Waals surface area contributed by atoms with Crippen molar-refractivity contribution in [2.24, 2.45) is 0 Å². The number of hydrogen-bond acceptors (Lipinski definition) is 7. The highest BCUT2D eigenvalue weighted by molar-refractivity contribution is 5.72. The Hall–Kier alpha value is -2.83. The van der Waals surface area contributed by atoms with E-state index >= 15 is 0 Å². The van der Waals surface area contributed by atoms with Crippen molar-refractivity contribution in [2.75, 3.05) is 4.90 Å². The standard InChI is InChI=1S/C19H22N6O/c1-10(2)18-22-17(16-12(4)24-26-13(16)5)11(3)19(23-18)25-8-14-15(9-25)21-7-6-20-14/h6-7,10H,8-9H2,1-5H3. The largest absolute Gasteiger partial charge is 0.361 e. The molecule has 0 spiro atoms. The van der Waals surface area contributed by atoms with Crippen LogP contribution in [0.4, 0.5) is 5.82 Å². The van der Waals surface area contributed by atoms with Crippen molar-refractivity contribution >= 4 is 5.82 Å². The van der Waals surface area contributed by atoms with Gasteiger partial charge in [-0.3, -0.25) is 9.97 Å². The van der Waals surface area contributed by atoms with Gasteiger partial charge < -0.3 is 9.42 Å². The lowest BCUT2D eigenvalue weighted by Gasteiger charge is -2.22. The highest BCUT2D eigenvalue weighted by Gasteiger charge is 2.27. The quantitative estimate of drug-likeness (QED) is 0.715. The zero-order valence-corrected chi connectivity index (χ0v) is 15.7. The zero-order valence-electron chi connectivity index (χ0n) is 15.7. The van der Waals surface area contributed by atoms with Gasteiger partial charge in [-0.2, -0.15) is 0 Å². The Morgan fingerprint density at radius 2 is 1.65 bits per heavy atom. The number of fused-ring (bicyclic) bond motifs is 1. The summed E-state index contributed by atoms with van der Waals surface area (Å²) in [7, 11) is 0. The van der Waals surface area contributed by atoms with E-state index in [1.807, 2.05) is 13.8 Å². The minimum Gasteiger partial charge on any atom is -0.361 e. The van der Waals surface area contributed by atoms with Gasteiger partial charge in [-0.05, 0) is 20.8 Å². The van der Waals surface area contributed by atoms with E-state index in [1.54, 1.807) is 12.4 Å². The monoisotopic (exact) mass is 350 g/mol. The Bertz CT molecular complexity index is 934. The second-order valence-electron chi connectivity index (χ2n) is 7.04. The van der Waals surface area contributed by atoms with Crippen LogP contribution in [0, 0.1) is 20.8 Å². The molecule has 26 heavy (non-hydrogen) atoms. The van der Waals surface area contributed by atoms with Crippen LogP contribution in [0.15, 0.2) is 16.9 Å². The molecule has 3 aromatic heterocycles. The number of nitrogens with zero attached hydrogens (tertiary/aromatic N) is 6. The lowest BCUT2D eigenvalue weighted by Crippen LogP contribution is -2.20. The molecule has 0 bridgehead atoms. The summed E-state index contributed by atoms with van der Waals surface area (Å²) in [5.74, 6) is 2.74. The second kappa shape index (κ2) is 6.16. The molecule has 0 fully saturated rings. The molecular weight excluding hydrogens is 328 g/mol. The van der Waals surface area contributed by atoms with Gasteiger partial charge in [0, 0.05) is 23.9 Å². The normalized spacial score (nSPS) is 13.5. The molecule has 0 radical (unpaired) electrons. The Morgan fingerprint density at radius 3 is 2.19 bits per heavy atom. The maximum atomic E-state index is 5.38. The molecule has 0 aromatic carbocycles. The maximum Gasteiger partial charge on any atom is 0.143 e. The fourth-order valence-corrected chi connectivity index (χ4v) is 3.38. The lowest BCUT2D eigenvalue weighted by molar-refractivity contribution is 0.393. The molecule has 3 aromatic rings. The second-order valence-corrected chi connectivity index (χ2v) is 7.04. The predicted octanol–water partition coefficient (Wildman–Crippen LogP) is 3.49. The summed E-state index contributed by atoms with van der Waals surface area (Å²) >= 11 is 0. The number of anilines is 1. The minimum atomic E-state index is 0.217. The summed E-state index contributed by atoms with van der Waals surface area (Å²) in [6, 6.07) is 0. The van der Waals surface area contributed by atoms with Crippen LogP contribution in [-0.2, 0) is 13.1 Å². The zero-order chi connectivity index (χ0) is 18.4. The van der Waals surface area contributed by atoms with Crippen molar-refractivity contribution < 1.29 is 4.52 Å². The number of aromatic nitrogens is 5. The SMILES string of the molecule is Cc1noc(C)c1-c1nc(C(C)C)nc(N2Cc3nccnc3C2)c1C. The van der Waals surface area contributed by atoms with Crippen molar-refractivity contribution in [1.82, 2.24) is 25.1 Å². The first-order chi connectivity index (χ1) is 12.5. The maximum absolute atomic E-state index is 5.38. The van der Waals surface area contributed by atoms with Gasteiger partial charge in [0.1, 0.15) is 17.4 Å². The first kappa shape index (κ1) is 16.6. The van der Waals surface area contributed by atoms with Gasteiger partial charge in [0.05, 0.1) is 41.4 Å². The molecule has 0 saturated heterocycles. The summed E-state index contributed by atoms with van der Waals surface area (Å²) in [6.07, 6.45) is 3.48. The van der Waals surface area contributed by atoms with E-state index in [-0.39, 0.29) is 5.92 Å². The molecule has 1 aliphatic rings. The summed E-state index contributed by atoms with van der Waals surface area (Å²) in [5.41, 5.74) is 5.74. The Kier molecular flexibility index (Phi) is 3.94. The molecule has 7 nitrogen and oxygen atoms in total. The third kappa shape index (κ3) is 2.64. The smallest absolute Gasteiger partial charge is 0.143 e. The molecule has 0 saturated carbocycles. The highest BCUT2D eigenvalue weighted by atomic mass is 16.5. The number of hydrogen-bond donors (Lipinski definition) is 0. The topological polar surface area (TPSA) is 80.8 Å². The lowest BCUT2D eigenvalue weighted by atomic mass is 10.0. The summed E-state index contributed by atoms with van der Waals surface area (Å²) in [5, 5.41) is 4.10. The molecule has 0 amide bonds. The van der Waals surface area contributed by atoms with Crippen LogP contribution in [0.2, 0.25) is 0 Å². The van der Waals surface area contributed by atoms with E-state index in [1.165, 1.54) is 0 Å². The summed E-state index contributed by atoms with van der Waals surface area (Å²) < 4.78 is 5.38. The van der Waals surface area contributed by atoms with E-state index < -0.39 is 0 Å². The van der Waals surface area contributed by atoms with Crippen LogP contribution in [0.25, 0.3) is 11.3 Å². The van der Waals surface area contributed by atoms with Crippen molar-refractivity contribution in [3.63, 3.8) is 0 Å².